The summed E-state index contributed by atoms with van der Waals surface area (Å²) in [7, 11) is 1.60. The molecule has 1 aromatic rings. The van der Waals surface area contributed by atoms with E-state index < -0.39 is 5.97 Å². The predicted molar refractivity (Wildman–Crippen MR) is 58.9 cm³/mol. The first-order valence-electron chi connectivity index (χ1n) is 4.75. The van der Waals surface area contributed by atoms with Gasteiger partial charge in [0.15, 0.2) is 0 Å². The number of carboxylic acids is 1. The van der Waals surface area contributed by atoms with E-state index in [-0.39, 0.29) is 0 Å². The third-order valence-corrected chi connectivity index (χ3v) is 2.14. The third-order valence-electron chi connectivity index (χ3n) is 2.14. The van der Waals surface area contributed by atoms with Crippen molar-refractivity contribution in [3.8, 4) is 5.75 Å². The number of carboxylic acid groups (broad SMARTS) is 1. The number of methoxy groups -OCH3 is 1. The summed E-state index contributed by atoms with van der Waals surface area (Å²) in [4.78, 5) is 10.6. The molecule has 0 fully saturated rings. The van der Waals surface area contributed by atoms with Gasteiger partial charge in [-0.15, -0.1) is 0 Å². The lowest BCUT2D eigenvalue weighted by atomic mass is 10.0. The summed E-state index contributed by atoms with van der Waals surface area (Å²) in [5, 5.41) is 8.68. The number of hydrogen-bond donors (Lipinski definition) is 1. The van der Waals surface area contributed by atoms with E-state index in [4.69, 9.17) is 9.84 Å². The molecule has 3 nitrogen and oxygen atoms in total. The summed E-state index contributed by atoms with van der Waals surface area (Å²) in [6.07, 6.45) is 1.93. The molecule has 0 unspecified atom stereocenters. The van der Waals surface area contributed by atoms with Crippen molar-refractivity contribution in [2.45, 2.75) is 13.3 Å². The molecule has 0 aromatic heterocycles. The second-order valence-corrected chi connectivity index (χ2v) is 3.09. The van der Waals surface area contributed by atoms with Crippen LogP contribution < -0.4 is 4.74 Å². The Morgan fingerprint density at radius 3 is 2.40 bits per heavy atom. The highest BCUT2D eigenvalue weighted by Crippen LogP contribution is 2.20. The van der Waals surface area contributed by atoms with Crippen molar-refractivity contribution in [3.63, 3.8) is 0 Å². The van der Waals surface area contributed by atoms with Crippen LogP contribution in [0.4, 0.5) is 0 Å². The Morgan fingerprint density at radius 1 is 1.40 bits per heavy atom. The SMILES string of the molecule is CCC(=CC(=O)O)c1ccc(OC)cc1. The number of benzene rings is 1. The Bertz CT molecular complexity index is 363. The van der Waals surface area contributed by atoms with Crippen LogP contribution >= 0.6 is 0 Å². The summed E-state index contributed by atoms with van der Waals surface area (Å²) in [5.41, 5.74) is 1.73. The van der Waals surface area contributed by atoms with E-state index in [2.05, 4.69) is 0 Å². The monoisotopic (exact) mass is 206 g/mol. The van der Waals surface area contributed by atoms with Crippen LogP contribution in [0.1, 0.15) is 18.9 Å². The fourth-order valence-electron chi connectivity index (χ4n) is 1.34. The van der Waals surface area contributed by atoms with Crippen molar-refractivity contribution in [2.24, 2.45) is 0 Å². The van der Waals surface area contributed by atoms with Crippen LogP contribution in [0.5, 0.6) is 5.75 Å². The van der Waals surface area contributed by atoms with Crippen LogP contribution in [-0.2, 0) is 4.79 Å². The maximum Gasteiger partial charge on any atom is 0.328 e. The van der Waals surface area contributed by atoms with Gasteiger partial charge in [-0.25, -0.2) is 4.79 Å². The van der Waals surface area contributed by atoms with Crippen LogP contribution in [0.3, 0.4) is 0 Å². The second kappa shape index (κ2) is 5.20. The van der Waals surface area contributed by atoms with Gasteiger partial charge in [0.05, 0.1) is 7.11 Å². The van der Waals surface area contributed by atoms with Gasteiger partial charge in [-0.05, 0) is 29.7 Å². The van der Waals surface area contributed by atoms with E-state index in [9.17, 15) is 4.79 Å². The third kappa shape index (κ3) is 3.13. The number of hydrogen-bond acceptors (Lipinski definition) is 2. The minimum absolute atomic E-state index is 0.693. The molecule has 0 aliphatic heterocycles. The van der Waals surface area contributed by atoms with E-state index in [1.54, 1.807) is 7.11 Å². The summed E-state index contributed by atoms with van der Waals surface area (Å²) < 4.78 is 5.03. The van der Waals surface area contributed by atoms with Crippen LogP contribution in [0, 0.1) is 0 Å². The molecule has 1 N–H and O–H groups in total. The minimum Gasteiger partial charge on any atom is -0.497 e. The average Bonchev–Trinajstić information content (AvgIpc) is 2.26. The number of allylic oxidation sites excluding steroid dienone is 1. The van der Waals surface area contributed by atoms with Crippen molar-refractivity contribution in [1.82, 2.24) is 0 Å². The number of aliphatic carboxylic acids is 1. The molecule has 1 rings (SSSR count). The Hall–Kier alpha value is -1.77. The molecule has 0 saturated carbocycles. The number of carbonyl (C=O) groups is 1. The first-order valence-corrected chi connectivity index (χ1v) is 4.75. The standard InChI is InChI=1S/C12H14O3/c1-3-9(8-12(13)14)10-4-6-11(15-2)7-5-10/h4-8H,3H2,1-2H3,(H,13,14). The average molecular weight is 206 g/mol. The van der Waals surface area contributed by atoms with E-state index >= 15 is 0 Å². The largest absolute Gasteiger partial charge is 0.497 e. The molecule has 0 amide bonds. The van der Waals surface area contributed by atoms with Gasteiger partial charge in [-0.3, -0.25) is 0 Å². The highest BCUT2D eigenvalue weighted by molar-refractivity contribution is 5.89. The fourth-order valence-corrected chi connectivity index (χ4v) is 1.34. The normalized spacial score (nSPS) is 11.2. The van der Waals surface area contributed by atoms with Gasteiger partial charge in [0.2, 0.25) is 0 Å². The Balaban J connectivity index is 2.98. The lowest BCUT2D eigenvalue weighted by Crippen LogP contribution is -1.92. The molecule has 0 aliphatic carbocycles. The lowest BCUT2D eigenvalue weighted by molar-refractivity contribution is -0.131. The van der Waals surface area contributed by atoms with Gasteiger partial charge in [-0.2, -0.15) is 0 Å². The molecule has 3 heteroatoms. The molecule has 0 aliphatic rings. The molecule has 0 spiro atoms. The number of ether oxygens (including phenoxy) is 1. The van der Waals surface area contributed by atoms with Gasteiger partial charge in [0.25, 0.3) is 0 Å². The zero-order chi connectivity index (χ0) is 11.3. The summed E-state index contributed by atoms with van der Waals surface area (Å²) in [6, 6.07) is 7.36. The molecule has 1 aromatic carbocycles. The molecule has 0 bridgehead atoms. The maximum absolute atomic E-state index is 10.6. The topological polar surface area (TPSA) is 46.5 Å². The molecule has 80 valence electrons. The minimum atomic E-state index is -0.914. The van der Waals surface area contributed by atoms with Crippen molar-refractivity contribution < 1.29 is 14.6 Å². The summed E-state index contributed by atoms with van der Waals surface area (Å²) in [6.45, 7) is 1.93. The molecule has 15 heavy (non-hydrogen) atoms. The molecular weight excluding hydrogens is 192 g/mol. The zero-order valence-corrected chi connectivity index (χ0v) is 8.86. The van der Waals surface area contributed by atoms with Crippen LogP contribution in [0.25, 0.3) is 5.57 Å². The highest BCUT2D eigenvalue weighted by Gasteiger charge is 2.02. The predicted octanol–water partition coefficient (Wildman–Crippen LogP) is 2.57. The van der Waals surface area contributed by atoms with Gasteiger partial charge in [-0.1, -0.05) is 19.1 Å². The molecule has 0 atom stereocenters. The summed E-state index contributed by atoms with van der Waals surface area (Å²) >= 11 is 0. The van der Waals surface area contributed by atoms with Crippen molar-refractivity contribution >= 4 is 11.5 Å². The lowest BCUT2D eigenvalue weighted by Gasteiger charge is -2.05. The Labute approximate surface area is 89.0 Å². The molecular formula is C12H14O3. The van der Waals surface area contributed by atoms with Crippen LogP contribution in [0.2, 0.25) is 0 Å². The van der Waals surface area contributed by atoms with E-state index in [1.807, 2.05) is 31.2 Å². The van der Waals surface area contributed by atoms with E-state index in [0.29, 0.717) is 6.42 Å². The van der Waals surface area contributed by atoms with Gasteiger partial charge in [0, 0.05) is 6.08 Å². The fraction of sp³-hybridized carbons (Fsp3) is 0.250. The molecule has 0 saturated heterocycles. The van der Waals surface area contributed by atoms with Crippen molar-refractivity contribution in [2.75, 3.05) is 7.11 Å². The van der Waals surface area contributed by atoms with Gasteiger partial charge >= 0.3 is 5.97 Å². The van der Waals surface area contributed by atoms with Crippen LogP contribution in [-0.4, -0.2) is 18.2 Å². The second-order valence-electron chi connectivity index (χ2n) is 3.09. The van der Waals surface area contributed by atoms with E-state index in [0.717, 1.165) is 16.9 Å². The first kappa shape index (κ1) is 11.3. The molecule has 0 heterocycles. The smallest absolute Gasteiger partial charge is 0.328 e. The van der Waals surface area contributed by atoms with Crippen molar-refractivity contribution in [3.05, 3.63) is 35.9 Å². The van der Waals surface area contributed by atoms with Gasteiger partial charge in [0.1, 0.15) is 5.75 Å². The maximum atomic E-state index is 10.6. The van der Waals surface area contributed by atoms with Crippen molar-refractivity contribution in [1.29, 1.82) is 0 Å². The quantitative estimate of drug-likeness (QED) is 0.770. The first-order chi connectivity index (χ1) is 7.17. The number of rotatable bonds is 4. The zero-order valence-electron chi connectivity index (χ0n) is 8.86. The van der Waals surface area contributed by atoms with Crippen LogP contribution in [0.15, 0.2) is 30.3 Å². The Kier molecular flexibility index (Phi) is 3.92. The highest BCUT2D eigenvalue weighted by atomic mass is 16.5. The Morgan fingerprint density at radius 2 is 2.00 bits per heavy atom. The van der Waals surface area contributed by atoms with E-state index in [1.165, 1.54) is 6.08 Å². The molecule has 0 radical (unpaired) electrons. The van der Waals surface area contributed by atoms with Gasteiger partial charge < -0.3 is 9.84 Å². The summed E-state index contributed by atoms with van der Waals surface area (Å²) in [5.74, 6) is -0.146.